The molecule has 1 aliphatic rings. The van der Waals surface area contributed by atoms with Crippen molar-refractivity contribution in [2.24, 2.45) is 0 Å². The minimum atomic E-state index is -0.173. The highest BCUT2D eigenvalue weighted by Crippen LogP contribution is 2.09. The Morgan fingerprint density at radius 3 is 2.36 bits per heavy atom. The normalized spacial score (nSPS) is 15.3. The second-order valence-electron chi connectivity index (χ2n) is 5.47. The third-order valence-electron chi connectivity index (χ3n) is 3.98. The molecule has 0 spiro atoms. The molecule has 2 rings (SSSR count). The first-order valence-electron chi connectivity index (χ1n) is 7.62. The Kier molecular flexibility index (Phi) is 8.20. The zero-order valence-electron chi connectivity index (χ0n) is 13.1. The van der Waals surface area contributed by atoms with Gasteiger partial charge in [-0.2, -0.15) is 0 Å². The summed E-state index contributed by atoms with van der Waals surface area (Å²) in [5.41, 5.74) is 1.20. The predicted octanol–water partition coefficient (Wildman–Crippen LogP) is 2.53. The van der Waals surface area contributed by atoms with Gasteiger partial charge in [0.05, 0.1) is 0 Å². The minimum absolute atomic E-state index is 0. The van der Waals surface area contributed by atoms with Crippen LogP contribution in [-0.4, -0.2) is 55.6 Å². The highest BCUT2D eigenvalue weighted by molar-refractivity contribution is 5.85. The van der Waals surface area contributed by atoms with Crippen LogP contribution < -0.4 is 5.32 Å². The second kappa shape index (κ2) is 9.64. The van der Waals surface area contributed by atoms with E-state index >= 15 is 0 Å². The molecule has 22 heavy (non-hydrogen) atoms. The van der Waals surface area contributed by atoms with Gasteiger partial charge in [0.1, 0.15) is 5.82 Å². The summed E-state index contributed by atoms with van der Waals surface area (Å²) in [6, 6.07) is 6.78. The number of nitrogens with zero attached hydrogens (tertiary/aromatic N) is 2. The maximum absolute atomic E-state index is 12.8. The van der Waals surface area contributed by atoms with Crippen LogP contribution in [-0.2, 0) is 6.42 Å². The van der Waals surface area contributed by atoms with E-state index in [0.29, 0.717) is 0 Å². The summed E-state index contributed by atoms with van der Waals surface area (Å²) in [5.74, 6) is -0.173. The number of urea groups is 1. The molecule has 1 fully saturated rings. The van der Waals surface area contributed by atoms with Crippen LogP contribution in [0.4, 0.5) is 9.18 Å². The molecule has 0 radical (unpaired) electrons. The fourth-order valence-electron chi connectivity index (χ4n) is 2.65. The van der Waals surface area contributed by atoms with E-state index in [0.717, 1.165) is 52.0 Å². The van der Waals surface area contributed by atoms with Gasteiger partial charge in [-0.1, -0.05) is 12.1 Å². The van der Waals surface area contributed by atoms with Crippen LogP contribution >= 0.6 is 12.4 Å². The van der Waals surface area contributed by atoms with E-state index < -0.39 is 0 Å². The van der Waals surface area contributed by atoms with E-state index in [9.17, 15) is 9.18 Å². The Morgan fingerprint density at radius 2 is 1.77 bits per heavy atom. The summed E-state index contributed by atoms with van der Waals surface area (Å²) >= 11 is 0. The number of carbonyl (C=O) groups excluding carboxylic acids is 1. The Morgan fingerprint density at radius 1 is 1.14 bits per heavy atom. The van der Waals surface area contributed by atoms with Crippen molar-refractivity contribution >= 4 is 18.4 Å². The van der Waals surface area contributed by atoms with Gasteiger partial charge < -0.3 is 10.2 Å². The molecule has 6 heteroatoms. The molecule has 0 unspecified atom stereocenters. The van der Waals surface area contributed by atoms with Crippen molar-refractivity contribution in [1.82, 2.24) is 15.1 Å². The van der Waals surface area contributed by atoms with Crippen molar-refractivity contribution in [3.63, 3.8) is 0 Å². The van der Waals surface area contributed by atoms with Gasteiger partial charge in [-0.15, -0.1) is 12.4 Å². The molecule has 124 valence electrons. The topological polar surface area (TPSA) is 35.6 Å². The standard InChI is InChI=1S/C16H24FN3O.ClH/c1-18-16(21)20-12-10-19(11-13-20)9-3-2-4-14-5-7-15(17)8-6-14;/h5-8H,2-4,9-13H2,1H3,(H,18,21);1H. The maximum atomic E-state index is 12.8. The lowest BCUT2D eigenvalue weighted by Gasteiger charge is -2.34. The number of hydrogen-bond acceptors (Lipinski definition) is 2. The Hall–Kier alpha value is -1.33. The van der Waals surface area contributed by atoms with Gasteiger partial charge in [0, 0.05) is 33.2 Å². The number of piperazine rings is 1. The minimum Gasteiger partial charge on any atom is -0.341 e. The quantitative estimate of drug-likeness (QED) is 0.843. The maximum Gasteiger partial charge on any atom is 0.317 e. The molecule has 2 amide bonds. The van der Waals surface area contributed by atoms with Gasteiger partial charge in [-0.3, -0.25) is 4.90 Å². The Labute approximate surface area is 138 Å². The SMILES string of the molecule is CNC(=O)N1CCN(CCCCc2ccc(F)cc2)CC1.Cl. The van der Waals surface area contributed by atoms with Crippen LogP contribution in [0.2, 0.25) is 0 Å². The molecule has 0 aromatic heterocycles. The number of amides is 2. The van der Waals surface area contributed by atoms with Crippen LogP contribution in [0.5, 0.6) is 0 Å². The number of carbonyl (C=O) groups is 1. The van der Waals surface area contributed by atoms with E-state index in [-0.39, 0.29) is 24.3 Å². The lowest BCUT2D eigenvalue weighted by atomic mass is 10.1. The molecule has 1 aromatic carbocycles. The van der Waals surface area contributed by atoms with E-state index in [1.165, 1.54) is 17.7 Å². The average Bonchev–Trinajstić information content (AvgIpc) is 2.53. The van der Waals surface area contributed by atoms with Crippen LogP contribution in [0.25, 0.3) is 0 Å². The summed E-state index contributed by atoms with van der Waals surface area (Å²) in [5, 5.41) is 2.67. The van der Waals surface area contributed by atoms with Gasteiger partial charge in [0.2, 0.25) is 0 Å². The van der Waals surface area contributed by atoms with Crippen LogP contribution in [0.1, 0.15) is 18.4 Å². The van der Waals surface area contributed by atoms with Crippen LogP contribution in [0.3, 0.4) is 0 Å². The zero-order valence-corrected chi connectivity index (χ0v) is 13.9. The summed E-state index contributed by atoms with van der Waals surface area (Å²) in [6.45, 7) is 4.58. The van der Waals surface area contributed by atoms with Gasteiger partial charge in [0.25, 0.3) is 0 Å². The molecule has 0 saturated carbocycles. The number of rotatable bonds is 5. The van der Waals surface area contributed by atoms with Crippen molar-refractivity contribution < 1.29 is 9.18 Å². The summed E-state index contributed by atoms with van der Waals surface area (Å²) < 4.78 is 12.8. The molecule has 0 aliphatic carbocycles. The van der Waals surface area contributed by atoms with Crippen LogP contribution in [0.15, 0.2) is 24.3 Å². The molecule has 1 N–H and O–H groups in total. The summed E-state index contributed by atoms with van der Waals surface area (Å²) in [4.78, 5) is 15.7. The number of nitrogens with one attached hydrogen (secondary N) is 1. The van der Waals surface area contributed by atoms with E-state index in [1.54, 1.807) is 7.05 Å². The molecule has 1 aliphatic heterocycles. The third kappa shape index (κ3) is 5.81. The lowest BCUT2D eigenvalue weighted by Crippen LogP contribution is -2.51. The third-order valence-corrected chi connectivity index (χ3v) is 3.98. The van der Waals surface area contributed by atoms with Gasteiger partial charge in [0.15, 0.2) is 0 Å². The fraction of sp³-hybridized carbons (Fsp3) is 0.562. The van der Waals surface area contributed by atoms with Crippen molar-refractivity contribution in [3.05, 3.63) is 35.6 Å². The number of aryl methyl sites for hydroxylation is 1. The van der Waals surface area contributed by atoms with Crippen molar-refractivity contribution in [1.29, 1.82) is 0 Å². The predicted molar refractivity (Wildman–Crippen MR) is 89.1 cm³/mol. The molecule has 4 nitrogen and oxygen atoms in total. The van der Waals surface area contributed by atoms with E-state index in [4.69, 9.17) is 0 Å². The summed E-state index contributed by atoms with van der Waals surface area (Å²) in [6.07, 6.45) is 3.25. The molecular weight excluding hydrogens is 305 g/mol. The van der Waals surface area contributed by atoms with E-state index in [2.05, 4.69) is 10.2 Å². The number of hydrogen-bond donors (Lipinski definition) is 1. The zero-order chi connectivity index (χ0) is 15.1. The molecule has 0 atom stereocenters. The van der Waals surface area contributed by atoms with E-state index in [1.807, 2.05) is 17.0 Å². The molecule has 0 bridgehead atoms. The highest BCUT2D eigenvalue weighted by atomic mass is 35.5. The molecule has 1 saturated heterocycles. The fourth-order valence-corrected chi connectivity index (χ4v) is 2.65. The highest BCUT2D eigenvalue weighted by Gasteiger charge is 2.19. The number of halogens is 2. The smallest absolute Gasteiger partial charge is 0.317 e. The first kappa shape index (κ1) is 18.7. The van der Waals surface area contributed by atoms with Gasteiger partial charge in [-0.05, 0) is 43.5 Å². The largest absolute Gasteiger partial charge is 0.341 e. The Balaban J connectivity index is 0.00000242. The molecule has 1 aromatic rings. The van der Waals surface area contributed by atoms with Gasteiger partial charge in [-0.25, -0.2) is 9.18 Å². The Bertz CT molecular complexity index is 447. The monoisotopic (exact) mass is 329 g/mol. The first-order chi connectivity index (χ1) is 10.2. The van der Waals surface area contributed by atoms with Gasteiger partial charge >= 0.3 is 6.03 Å². The first-order valence-corrected chi connectivity index (χ1v) is 7.62. The van der Waals surface area contributed by atoms with Crippen molar-refractivity contribution in [2.75, 3.05) is 39.8 Å². The molecular formula is C16H25ClFN3O. The van der Waals surface area contributed by atoms with Crippen molar-refractivity contribution in [2.45, 2.75) is 19.3 Å². The molecule has 1 heterocycles. The van der Waals surface area contributed by atoms with Crippen LogP contribution in [0, 0.1) is 5.82 Å². The second-order valence-corrected chi connectivity index (χ2v) is 5.47. The number of benzene rings is 1. The van der Waals surface area contributed by atoms with Crippen molar-refractivity contribution in [3.8, 4) is 0 Å². The summed E-state index contributed by atoms with van der Waals surface area (Å²) in [7, 11) is 1.67. The number of unbranched alkanes of at least 4 members (excludes halogenated alkanes) is 1. The lowest BCUT2D eigenvalue weighted by molar-refractivity contribution is 0.139. The average molecular weight is 330 g/mol.